The molecule has 1 aliphatic rings. The van der Waals surface area contributed by atoms with E-state index in [1.165, 1.54) is 0 Å². The molecule has 2 rings (SSSR count). The second-order valence-electron chi connectivity index (χ2n) is 4.70. The predicted molar refractivity (Wildman–Crippen MR) is 74.2 cm³/mol. The monoisotopic (exact) mass is 269 g/mol. The Bertz CT molecular complexity index is 497. The van der Waals surface area contributed by atoms with Crippen LogP contribution in [0, 0.1) is 12.7 Å². The molecule has 1 aromatic rings. The third-order valence-electron chi connectivity index (χ3n) is 3.03. The van der Waals surface area contributed by atoms with Gasteiger partial charge >= 0.3 is 0 Å². The van der Waals surface area contributed by atoms with E-state index in [0.717, 1.165) is 30.3 Å². The van der Waals surface area contributed by atoms with Crippen molar-refractivity contribution in [1.82, 2.24) is 5.32 Å². The fourth-order valence-corrected chi connectivity index (χ4v) is 2.37. The van der Waals surface area contributed by atoms with Gasteiger partial charge in [0, 0.05) is 12.2 Å². The minimum Gasteiger partial charge on any atom is -0.354 e. The second kappa shape index (κ2) is 5.14. The lowest BCUT2D eigenvalue weighted by atomic mass is 9.96. The number of nitrogens with zero attached hydrogens (tertiary/aromatic N) is 1. The van der Waals surface area contributed by atoms with Crippen LogP contribution in [0.5, 0.6) is 0 Å². The summed E-state index contributed by atoms with van der Waals surface area (Å²) in [6.45, 7) is 7.39. The number of hydrogen-bond acceptors (Lipinski definition) is 3. The van der Waals surface area contributed by atoms with E-state index in [-0.39, 0.29) is 16.8 Å². The molecule has 0 saturated heterocycles. The van der Waals surface area contributed by atoms with Crippen molar-refractivity contribution in [2.45, 2.75) is 26.7 Å². The minimum absolute atomic E-state index is 0.0859. The lowest BCUT2D eigenvalue weighted by molar-refractivity contribution is 0.596. The highest BCUT2D eigenvalue weighted by atomic mass is 35.5. The van der Waals surface area contributed by atoms with Crippen molar-refractivity contribution in [3.05, 3.63) is 28.0 Å². The van der Waals surface area contributed by atoms with E-state index >= 15 is 0 Å². The molecular formula is C13H17ClFN3. The van der Waals surface area contributed by atoms with Crippen LogP contribution in [-0.2, 0) is 0 Å². The highest BCUT2D eigenvalue weighted by Crippen LogP contribution is 2.33. The summed E-state index contributed by atoms with van der Waals surface area (Å²) in [7, 11) is 0. The summed E-state index contributed by atoms with van der Waals surface area (Å²) in [5, 5.41) is 6.42. The van der Waals surface area contributed by atoms with E-state index in [0.29, 0.717) is 5.56 Å². The van der Waals surface area contributed by atoms with Crippen molar-refractivity contribution >= 4 is 23.2 Å². The Morgan fingerprint density at radius 3 is 2.78 bits per heavy atom. The van der Waals surface area contributed by atoms with Gasteiger partial charge in [0.1, 0.15) is 5.82 Å². The van der Waals surface area contributed by atoms with Crippen molar-refractivity contribution in [3.63, 3.8) is 0 Å². The zero-order chi connectivity index (χ0) is 13.3. The highest BCUT2D eigenvalue weighted by molar-refractivity contribution is 6.31. The molecule has 3 nitrogen and oxygen atoms in total. The van der Waals surface area contributed by atoms with Crippen LogP contribution in [0.3, 0.4) is 0 Å². The molecule has 1 aromatic carbocycles. The summed E-state index contributed by atoms with van der Waals surface area (Å²) in [6.07, 6.45) is 0. The van der Waals surface area contributed by atoms with E-state index in [9.17, 15) is 4.39 Å². The maximum Gasteiger partial charge on any atom is 0.195 e. The molecule has 1 aliphatic heterocycles. The van der Waals surface area contributed by atoms with Crippen LogP contribution in [0.4, 0.5) is 10.1 Å². The van der Waals surface area contributed by atoms with Crippen LogP contribution in [0.1, 0.15) is 30.9 Å². The van der Waals surface area contributed by atoms with E-state index in [2.05, 4.69) is 15.6 Å². The highest BCUT2D eigenvalue weighted by Gasteiger charge is 2.18. The number of rotatable bonds is 2. The Balaban J connectivity index is 2.41. The van der Waals surface area contributed by atoms with Gasteiger partial charge in [0.2, 0.25) is 0 Å². The fraction of sp³-hybridized carbons (Fsp3) is 0.462. The molecule has 0 aromatic heterocycles. The second-order valence-corrected chi connectivity index (χ2v) is 5.10. The Labute approximate surface area is 111 Å². The summed E-state index contributed by atoms with van der Waals surface area (Å²) in [4.78, 5) is 4.26. The number of aliphatic imine (C=N–C) groups is 1. The van der Waals surface area contributed by atoms with E-state index < -0.39 is 0 Å². The molecule has 18 heavy (non-hydrogen) atoms. The Morgan fingerprint density at radius 1 is 1.50 bits per heavy atom. The maximum absolute atomic E-state index is 14.0. The average Bonchev–Trinajstić information content (AvgIpc) is 2.78. The van der Waals surface area contributed by atoms with Gasteiger partial charge in [0.05, 0.1) is 11.6 Å². The molecule has 0 saturated carbocycles. The van der Waals surface area contributed by atoms with Crippen LogP contribution in [-0.4, -0.2) is 19.0 Å². The minimum atomic E-state index is -0.323. The number of hydrogen-bond donors (Lipinski definition) is 2. The van der Waals surface area contributed by atoms with Gasteiger partial charge in [-0.05, 0) is 30.0 Å². The van der Waals surface area contributed by atoms with Gasteiger partial charge < -0.3 is 10.6 Å². The van der Waals surface area contributed by atoms with Crippen molar-refractivity contribution in [2.75, 3.05) is 18.4 Å². The number of benzene rings is 1. The molecule has 0 amide bonds. The maximum atomic E-state index is 14.0. The topological polar surface area (TPSA) is 36.4 Å². The third kappa shape index (κ3) is 2.43. The van der Waals surface area contributed by atoms with Crippen molar-refractivity contribution in [3.8, 4) is 0 Å². The quantitative estimate of drug-likeness (QED) is 0.864. The van der Waals surface area contributed by atoms with Crippen LogP contribution in [0.2, 0.25) is 5.02 Å². The van der Waals surface area contributed by atoms with Gasteiger partial charge in [-0.1, -0.05) is 25.4 Å². The van der Waals surface area contributed by atoms with Crippen LogP contribution in [0.25, 0.3) is 0 Å². The molecular weight excluding hydrogens is 253 g/mol. The van der Waals surface area contributed by atoms with Gasteiger partial charge in [-0.3, -0.25) is 4.99 Å². The standard InChI is InChI=1S/C13H17ClFN3/c1-7(2)11-8(3)10(6-9(14)12(11)15)18-13-16-4-5-17-13/h6-7H,4-5H2,1-3H3,(H2,16,17,18). The summed E-state index contributed by atoms with van der Waals surface area (Å²) < 4.78 is 14.0. The third-order valence-corrected chi connectivity index (χ3v) is 3.30. The predicted octanol–water partition coefficient (Wildman–Crippen LogP) is 3.28. The van der Waals surface area contributed by atoms with Gasteiger partial charge in [-0.15, -0.1) is 0 Å². The van der Waals surface area contributed by atoms with Crippen molar-refractivity contribution in [1.29, 1.82) is 0 Å². The first-order valence-corrected chi connectivity index (χ1v) is 6.42. The van der Waals surface area contributed by atoms with Crippen LogP contribution >= 0.6 is 11.6 Å². The van der Waals surface area contributed by atoms with E-state index in [4.69, 9.17) is 11.6 Å². The van der Waals surface area contributed by atoms with Crippen molar-refractivity contribution < 1.29 is 4.39 Å². The molecule has 1 heterocycles. The van der Waals surface area contributed by atoms with Crippen LogP contribution < -0.4 is 10.6 Å². The zero-order valence-electron chi connectivity index (χ0n) is 10.8. The number of anilines is 1. The van der Waals surface area contributed by atoms with Gasteiger partial charge in [-0.25, -0.2) is 4.39 Å². The van der Waals surface area contributed by atoms with Gasteiger partial charge in [0.25, 0.3) is 0 Å². The lowest BCUT2D eigenvalue weighted by Crippen LogP contribution is -2.26. The summed E-state index contributed by atoms with van der Waals surface area (Å²) in [5.41, 5.74) is 2.34. The largest absolute Gasteiger partial charge is 0.354 e. The molecule has 98 valence electrons. The molecule has 2 N–H and O–H groups in total. The summed E-state index contributed by atoms with van der Waals surface area (Å²) >= 11 is 5.95. The fourth-order valence-electron chi connectivity index (χ4n) is 2.16. The number of guanidine groups is 1. The molecule has 0 spiro atoms. The van der Waals surface area contributed by atoms with E-state index in [1.54, 1.807) is 6.07 Å². The summed E-state index contributed by atoms with van der Waals surface area (Å²) in [5.74, 6) is 0.481. The molecule has 0 atom stereocenters. The molecule has 0 aliphatic carbocycles. The molecule has 0 unspecified atom stereocenters. The van der Waals surface area contributed by atoms with Crippen LogP contribution in [0.15, 0.2) is 11.1 Å². The van der Waals surface area contributed by atoms with Gasteiger partial charge in [0.15, 0.2) is 5.96 Å². The smallest absolute Gasteiger partial charge is 0.195 e. The molecule has 0 bridgehead atoms. The first-order chi connectivity index (χ1) is 8.50. The Hall–Kier alpha value is -1.29. The van der Waals surface area contributed by atoms with E-state index in [1.807, 2.05) is 20.8 Å². The molecule has 5 heteroatoms. The first kappa shape index (κ1) is 13.1. The number of nitrogens with one attached hydrogen (secondary N) is 2. The Kier molecular flexibility index (Phi) is 3.76. The molecule has 0 fully saturated rings. The number of halogens is 2. The average molecular weight is 270 g/mol. The van der Waals surface area contributed by atoms with Gasteiger partial charge in [-0.2, -0.15) is 0 Å². The SMILES string of the molecule is Cc1c(NC2=NCCN2)cc(Cl)c(F)c1C(C)C. The van der Waals surface area contributed by atoms with Crippen molar-refractivity contribution in [2.24, 2.45) is 4.99 Å². The summed E-state index contributed by atoms with van der Waals surface area (Å²) in [6, 6.07) is 1.61. The molecule has 0 radical (unpaired) electrons. The zero-order valence-corrected chi connectivity index (χ0v) is 11.5. The lowest BCUT2D eigenvalue weighted by Gasteiger charge is -2.17. The first-order valence-electron chi connectivity index (χ1n) is 6.04. The Morgan fingerprint density at radius 2 is 2.22 bits per heavy atom. The normalized spacial score (nSPS) is 14.7.